The van der Waals surface area contributed by atoms with Crippen LogP contribution in [0.3, 0.4) is 0 Å². The zero-order chi connectivity index (χ0) is 21.2. The SMILES string of the molecule is O=S(=O)(Nc1ccc(N2CCOCC2)cc1)c1ccc(S(=O)(=O)N2CCCC2)cc1. The topological polar surface area (TPSA) is 96.0 Å². The Morgan fingerprint density at radius 1 is 0.733 bits per heavy atom. The van der Waals surface area contributed by atoms with Gasteiger partial charge in [0.05, 0.1) is 23.0 Å². The van der Waals surface area contributed by atoms with E-state index in [2.05, 4.69) is 9.62 Å². The summed E-state index contributed by atoms with van der Waals surface area (Å²) in [6.07, 6.45) is 1.69. The number of nitrogens with zero attached hydrogens (tertiary/aromatic N) is 2. The summed E-state index contributed by atoms with van der Waals surface area (Å²) < 4.78 is 59.9. The fourth-order valence-corrected chi connectivity index (χ4v) is 6.22. The van der Waals surface area contributed by atoms with Gasteiger partial charge < -0.3 is 9.64 Å². The molecule has 2 saturated heterocycles. The van der Waals surface area contributed by atoms with E-state index in [1.54, 1.807) is 12.1 Å². The smallest absolute Gasteiger partial charge is 0.261 e. The minimum absolute atomic E-state index is 0.0140. The van der Waals surface area contributed by atoms with Crippen molar-refractivity contribution in [1.29, 1.82) is 0 Å². The second kappa shape index (κ2) is 8.54. The zero-order valence-corrected chi connectivity index (χ0v) is 18.2. The van der Waals surface area contributed by atoms with Gasteiger partial charge >= 0.3 is 0 Å². The highest BCUT2D eigenvalue weighted by molar-refractivity contribution is 7.92. The van der Waals surface area contributed by atoms with E-state index in [-0.39, 0.29) is 9.79 Å². The lowest BCUT2D eigenvalue weighted by Crippen LogP contribution is -2.36. The fourth-order valence-electron chi connectivity index (χ4n) is 3.64. The van der Waals surface area contributed by atoms with Crippen molar-refractivity contribution in [2.75, 3.05) is 49.0 Å². The molecule has 0 spiro atoms. The first-order valence-corrected chi connectivity index (χ1v) is 12.8. The predicted molar refractivity (Wildman–Crippen MR) is 115 cm³/mol. The van der Waals surface area contributed by atoms with Crippen molar-refractivity contribution in [3.63, 3.8) is 0 Å². The van der Waals surface area contributed by atoms with Crippen molar-refractivity contribution in [2.24, 2.45) is 0 Å². The number of ether oxygens (including phenoxy) is 1. The number of rotatable bonds is 6. The first-order chi connectivity index (χ1) is 14.4. The van der Waals surface area contributed by atoms with Crippen molar-refractivity contribution < 1.29 is 21.6 Å². The van der Waals surface area contributed by atoms with Crippen LogP contribution < -0.4 is 9.62 Å². The molecule has 1 N–H and O–H groups in total. The van der Waals surface area contributed by atoms with E-state index in [0.717, 1.165) is 31.6 Å². The van der Waals surface area contributed by atoms with Crippen LogP contribution in [0.5, 0.6) is 0 Å². The molecule has 162 valence electrons. The van der Waals surface area contributed by atoms with Gasteiger partial charge in [-0.25, -0.2) is 16.8 Å². The van der Waals surface area contributed by atoms with E-state index in [4.69, 9.17) is 4.74 Å². The van der Waals surface area contributed by atoms with Crippen LogP contribution in [0.15, 0.2) is 58.3 Å². The third-order valence-electron chi connectivity index (χ3n) is 5.33. The van der Waals surface area contributed by atoms with E-state index in [1.807, 2.05) is 12.1 Å². The summed E-state index contributed by atoms with van der Waals surface area (Å²) in [6, 6.07) is 12.5. The molecule has 4 rings (SSSR count). The Bertz CT molecular complexity index is 1070. The molecule has 2 heterocycles. The van der Waals surface area contributed by atoms with Crippen molar-refractivity contribution in [2.45, 2.75) is 22.6 Å². The van der Waals surface area contributed by atoms with Gasteiger partial charge in [-0.2, -0.15) is 4.31 Å². The van der Waals surface area contributed by atoms with E-state index in [9.17, 15) is 16.8 Å². The fraction of sp³-hybridized carbons (Fsp3) is 0.400. The lowest BCUT2D eigenvalue weighted by Gasteiger charge is -2.28. The van der Waals surface area contributed by atoms with Gasteiger partial charge in [0.15, 0.2) is 0 Å². The van der Waals surface area contributed by atoms with Crippen LogP contribution in [0.2, 0.25) is 0 Å². The molecule has 0 amide bonds. The summed E-state index contributed by atoms with van der Waals surface area (Å²) in [5.74, 6) is 0. The molecular formula is C20H25N3O5S2. The lowest BCUT2D eigenvalue weighted by atomic mass is 10.2. The predicted octanol–water partition coefficient (Wildman–Crippen LogP) is 2.11. The first-order valence-electron chi connectivity index (χ1n) is 9.92. The molecule has 0 aliphatic carbocycles. The van der Waals surface area contributed by atoms with Gasteiger partial charge in [-0.15, -0.1) is 0 Å². The lowest BCUT2D eigenvalue weighted by molar-refractivity contribution is 0.122. The van der Waals surface area contributed by atoms with Gasteiger partial charge in [-0.05, 0) is 61.4 Å². The maximum Gasteiger partial charge on any atom is 0.261 e. The average Bonchev–Trinajstić information content (AvgIpc) is 3.31. The molecule has 30 heavy (non-hydrogen) atoms. The Morgan fingerprint density at radius 2 is 1.30 bits per heavy atom. The molecule has 10 heteroatoms. The number of hydrogen-bond donors (Lipinski definition) is 1. The summed E-state index contributed by atoms with van der Waals surface area (Å²) in [5, 5.41) is 0. The molecule has 2 aromatic rings. The van der Waals surface area contributed by atoms with E-state index < -0.39 is 20.0 Å². The number of benzene rings is 2. The number of anilines is 2. The van der Waals surface area contributed by atoms with Crippen LogP contribution in [-0.2, 0) is 24.8 Å². The molecule has 2 fully saturated rings. The van der Waals surface area contributed by atoms with Crippen molar-refractivity contribution in [3.8, 4) is 0 Å². The van der Waals surface area contributed by atoms with Crippen LogP contribution in [-0.4, -0.2) is 60.5 Å². The molecule has 2 aliphatic rings. The Labute approximate surface area is 177 Å². The summed E-state index contributed by atoms with van der Waals surface area (Å²) in [4.78, 5) is 2.31. The van der Waals surface area contributed by atoms with Gasteiger partial charge in [0.2, 0.25) is 10.0 Å². The summed E-state index contributed by atoms with van der Waals surface area (Å²) in [7, 11) is -7.40. The maximum absolute atomic E-state index is 12.7. The Balaban J connectivity index is 1.47. The number of sulfonamides is 2. The Kier molecular flexibility index (Phi) is 6.01. The molecule has 0 bridgehead atoms. The Morgan fingerprint density at radius 3 is 1.90 bits per heavy atom. The van der Waals surface area contributed by atoms with Gasteiger partial charge in [-0.3, -0.25) is 4.72 Å². The molecule has 0 aromatic heterocycles. The molecule has 0 saturated carbocycles. The van der Waals surface area contributed by atoms with Crippen molar-refractivity contribution >= 4 is 31.4 Å². The normalized spacial score (nSPS) is 18.5. The number of morpholine rings is 1. The second-order valence-electron chi connectivity index (χ2n) is 7.33. The summed E-state index contributed by atoms with van der Waals surface area (Å²) in [5.41, 5.74) is 1.46. The highest BCUT2D eigenvalue weighted by Crippen LogP contribution is 2.24. The first kappa shape index (κ1) is 21.1. The average molecular weight is 452 g/mol. The van der Waals surface area contributed by atoms with Crippen LogP contribution in [0, 0.1) is 0 Å². The summed E-state index contributed by atoms with van der Waals surface area (Å²) in [6.45, 7) is 3.97. The third-order valence-corrected chi connectivity index (χ3v) is 8.64. The van der Waals surface area contributed by atoms with Crippen molar-refractivity contribution in [1.82, 2.24) is 4.31 Å². The Hall–Kier alpha value is -2.14. The number of hydrogen-bond acceptors (Lipinski definition) is 6. The van der Waals surface area contributed by atoms with Crippen LogP contribution >= 0.6 is 0 Å². The van der Waals surface area contributed by atoms with Crippen LogP contribution in [0.25, 0.3) is 0 Å². The monoisotopic (exact) mass is 451 g/mol. The molecule has 0 atom stereocenters. The zero-order valence-electron chi connectivity index (χ0n) is 16.5. The quantitative estimate of drug-likeness (QED) is 0.723. The molecule has 8 nitrogen and oxygen atoms in total. The van der Waals surface area contributed by atoms with Gasteiger partial charge in [0.1, 0.15) is 0 Å². The number of nitrogens with one attached hydrogen (secondary N) is 1. The van der Waals surface area contributed by atoms with Gasteiger partial charge in [0.25, 0.3) is 10.0 Å². The third kappa shape index (κ3) is 4.46. The van der Waals surface area contributed by atoms with E-state index in [1.165, 1.54) is 28.6 Å². The largest absolute Gasteiger partial charge is 0.378 e. The highest BCUT2D eigenvalue weighted by atomic mass is 32.2. The van der Waals surface area contributed by atoms with Crippen molar-refractivity contribution in [3.05, 3.63) is 48.5 Å². The van der Waals surface area contributed by atoms with E-state index >= 15 is 0 Å². The second-order valence-corrected chi connectivity index (χ2v) is 11.0. The molecule has 2 aromatic carbocycles. The van der Waals surface area contributed by atoms with Crippen LogP contribution in [0.1, 0.15) is 12.8 Å². The van der Waals surface area contributed by atoms with E-state index in [0.29, 0.717) is 32.0 Å². The molecule has 2 aliphatic heterocycles. The molecule has 0 unspecified atom stereocenters. The van der Waals surface area contributed by atoms with Gasteiger partial charge in [0, 0.05) is 37.6 Å². The standard InChI is InChI=1S/C20H25N3O5S2/c24-29(25,21-17-3-5-18(6-4-17)22-13-15-28-16-14-22)19-7-9-20(10-8-19)30(26,27)23-11-1-2-12-23/h3-10,21H,1-2,11-16H2. The highest BCUT2D eigenvalue weighted by Gasteiger charge is 2.27. The maximum atomic E-state index is 12.7. The molecule has 0 radical (unpaired) electrons. The molecular weight excluding hydrogens is 426 g/mol. The van der Waals surface area contributed by atoms with Gasteiger partial charge in [-0.1, -0.05) is 0 Å². The minimum Gasteiger partial charge on any atom is -0.378 e. The minimum atomic E-state index is -3.82. The van der Waals surface area contributed by atoms with Crippen LogP contribution in [0.4, 0.5) is 11.4 Å². The summed E-state index contributed by atoms with van der Waals surface area (Å²) >= 11 is 0.